The van der Waals surface area contributed by atoms with E-state index in [2.05, 4.69) is 48.7 Å². The summed E-state index contributed by atoms with van der Waals surface area (Å²) in [5.41, 5.74) is 1.97. The average Bonchev–Trinajstić information content (AvgIpc) is 3.48. The number of piperidine rings is 1. The Balaban J connectivity index is 1.42. The van der Waals surface area contributed by atoms with Crippen molar-refractivity contribution in [1.82, 2.24) is 19.7 Å². The molecule has 1 aliphatic carbocycles. The van der Waals surface area contributed by atoms with Gasteiger partial charge in [0, 0.05) is 48.8 Å². The molecule has 0 unspecified atom stereocenters. The zero-order valence-electron chi connectivity index (χ0n) is 17.5. The minimum absolute atomic E-state index is 0.00377. The van der Waals surface area contributed by atoms with Crippen molar-refractivity contribution in [1.29, 1.82) is 0 Å². The van der Waals surface area contributed by atoms with Crippen LogP contribution in [0.25, 0.3) is 0 Å². The summed E-state index contributed by atoms with van der Waals surface area (Å²) in [5, 5.41) is 4.63. The van der Waals surface area contributed by atoms with E-state index in [-0.39, 0.29) is 11.0 Å². The highest BCUT2D eigenvalue weighted by Crippen LogP contribution is 2.38. The first-order valence-corrected chi connectivity index (χ1v) is 10.5. The molecule has 0 bridgehead atoms. The first kappa shape index (κ1) is 19.1. The van der Waals surface area contributed by atoms with Crippen LogP contribution in [0.5, 0.6) is 0 Å². The van der Waals surface area contributed by atoms with Gasteiger partial charge in [0.25, 0.3) is 5.56 Å². The molecule has 4 rings (SSSR count). The second kappa shape index (κ2) is 7.30. The predicted octanol–water partition coefficient (Wildman–Crippen LogP) is 3.43. The first-order chi connectivity index (χ1) is 13.3. The van der Waals surface area contributed by atoms with Crippen molar-refractivity contribution in [2.45, 2.75) is 71.3 Å². The molecule has 0 atom stereocenters. The Morgan fingerprint density at radius 1 is 1.07 bits per heavy atom. The van der Waals surface area contributed by atoms with Crippen molar-refractivity contribution in [3.05, 3.63) is 45.8 Å². The third-order valence-corrected chi connectivity index (χ3v) is 5.81. The fourth-order valence-corrected chi connectivity index (χ4v) is 3.83. The summed E-state index contributed by atoms with van der Waals surface area (Å²) in [4.78, 5) is 24.1. The van der Waals surface area contributed by atoms with E-state index in [0.717, 1.165) is 49.0 Å². The Labute approximate surface area is 167 Å². The van der Waals surface area contributed by atoms with Crippen molar-refractivity contribution in [3.63, 3.8) is 0 Å². The van der Waals surface area contributed by atoms with Gasteiger partial charge in [-0.3, -0.25) is 4.79 Å². The van der Waals surface area contributed by atoms with E-state index in [1.165, 1.54) is 12.8 Å². The van der Waals surface area contributed by atoms with Crippen molar-refractivity contribution in [3.8, 4) is 0 Å². The topological polar surface area (TPSA) is 63.9 Å². The molecule has 0 amide bonds. The van der Waals surface area contributed by atoms with E-state index in [4.69, 9.17) is 4.98 Å². The largest absolute Gasteiger partial charge is 0.356 e. The average molecular weight is 382 g/mol. The normalized spacial score (nSPS) is 18.5. The molecule has 6 heteroatoms. The molecule has 2 aromatic rings. The number of nitrogens with zero attached hydrogens (tertiary/aromatic N) is 5. The Kier molecular flexibility index (Phi) is 4.98. The molecule has 0 spiro atoms. The van der Waals surface area contributed by atoms with Crippen molar-refractivity contribution in [2.24, 2.45) is 5.92 Å². The van der Waals surface area contributed by atoms with Crippen LogP contribution >= 0.6 is 0 Å². The van der Waals surface area contributed by atoms with E-state index in [9.17, 15) is 4.79 Å². The molecule has 1 aliphatic heterocycles. The number of anilines is 1. The number of hydrogen-bond acceptors (Lipinski definition) is 5. The maximum atomic E-state index is 12.3. The van der Waals surface area contributed by atoms with Gasteiger partial charge in [0.2, 0.25) is 0 Å². The summed E-state index contributed by atoms with van der Waals surface area (Å²) in [7, 11) is 0. The summed E-state index contributed by atoms with van der Waals surface area (Å²) in [6.07, 6.45) is 4.55. The Morgan fingerprint density at radius 2 is 1.79 bits per heavy atom. The third-order valence-electron chi connectivity index (χ3n) is 5.81. The Hall–Kier alpha value is -2.24. The zero-order valence-corrected chi connectivity index (χ0v) is 17.5. The fourth-order valence-electron chi connectivity index (χ4n) is 3.83. The van der Waals surface area contributed by atoms with E-state index in [1.54, 1.807) is 10.7 Å². The van der Waals surface area contributed by atoms with Crippen molar-refractivity contribution < 1.29 is 0 Å². The molecule has 0 aromatic carbocycles. The van der Waals surface area contributed by atoms with E-state index < -0.39 is 0 Å². The van der Waals surface area contributed by atoms with Crippen molar-refractivity contribution in [2.75, 3.05) is 18.0 Å². The monoisotopic (exact) mass is 381 g/mol. The van der Waals surface area contributed by atoms with Gasteiger partial charge in [-0.15, -0.1) is 0 Å². The minimum atomic E-state index is -0.0526. The predicted molar refractivity (Wildman–Crippen MR) is 111 cm³/mol. The molecule has 2 fully saturated rings. The molecule has 2 aromatic heterocycles. The van der Waals surface area contributed by atoms with Gasteiger partial charge in [0.1, 0.15) is 11.6 Å². The van der Waals surface area contributed by atoms with Gasteiger partial charge in [-0.2, -0.15) is 5.10 Å². The van der Waals surface area contributed by atoms with Crippen LogP contribution in [0, 0.1) is 12.8 Å². The van der Waals surface area contributed by atoms with Crippen LogP contribution in [-0.4, -0.2) is 32.8 Å². The number of hydrogen-bond donors (Lipinski definition) is 0. The van der Waals surface area contributed by atoms with E-state index in [0.29, 0.717) is 18.4 Å². The minimum Gasteiger partial charge on any atom is -0.356 e. The summed E-state index contributed by atoms with van der Waals surface area (Å²) in [5.74, 6) is 3.14. The number of rotatable bonds is 4. The molecule has 1 saturated carbocycles. The van der Waals surface area contributed by atoms with E-state index in [1.807, 2.05) is 6.07 Å². The van der Waals surface area contributed by atoms with Crippen LogP contribution in [-0.2, 0) is 12.0 Å². The van der Waals surface area contributed by atoms with Gasteiger partial charge in [0.05, 0.1) is 5.69 Å². The Bertz CT molecular complexity index is 902. The number of aromatic nitrogens is 4. The zero-order chi connectivity index (χ0) is 19.9. The summed E-state index contributed by atoms with van der Waals surface area (Å²) in [6, 6.07) is 5.62. The molecular weight excluding hydrogens is 350 g/mol. The van der Waals surface area contributed by atoms with Gasteiger partial charge in [0.15, 0.2) is 0 Å². The summed E-state index contributed by atoms with van der Waals surface area (Å²) in [6.45, 7) is 11.1. The van der Waals surface area contributed by atoms with Crippen LogP contribution in [0.1, 0.15) is 69.6 Å². The standard InChI is InChI=1S/C22H31N5O/c1-15-13-19(24-21(23-15)17-5-6-17)26-11-9-16(10-12-26)14-27-20(28)8-7-18(25-27)22(2,3)4/h7-8,13,16-17H,5-6,9-12,14H2,1-4H3. The lowest BCUT2D eigenvalue weighted by atomic mass is 9.92. The molecule has 150 valence electrons. The maximum Gasteiger partial charge on any atom is 0.266 e. The molecule has 1 saturated heterocycles. The second-order valence-electron chi connectivity index (χ2n) is 9.42. The second-order valence-corrected chi connectivity index (χ2v) is 9.42. The molecule has 3 heterocycles. The van der Waals surface area contributed by atoms with Gasteiger partial charge >= 0.3 is 0 Å². The van der Waals surface area contributed by atoms with Gasteiger partial charge in [-0.25, -0.2) is 14.6 Å². The molecular formula is C22H31N5O. The quantitative estimate of drug-likeness (QED) is 0.812. The van der Waals surface area contributed by atoms with Crippen LogP contribution in [0.15, 0.2) is 23.0 Å². The molecule has 0 N–H and O–H groups in total. The van der Waals surface area contributed by atoms with Crippen LogP contribution in [0.4, 0.5) is 5.82 Å². The van der Waals surface area contributed by atoms with Crippen LogP contribution in [0.2, 0.25) is 0 Å². The molecule has 0 radical (unpaired) electrons. The van der Waals surface area contributed by atoms with E-state index >= 15 is 0 Å². The number of aryl methyl sites for hydroxylation is 1. The lowest BCUT2D eigenvalue weighted by Gasteiger charge is -2.33. The molecule has 28 heavy (non-hydrogen) atoms. The third kappa shape index (κ3) is 4.26. The van der Waals surface area contributed by atoms with Gasteiger partial charge in [-0.05, 0) is 44.6 Å². The summed E-state index contributed by atoms with van der Waals surface area (Å²) >= 11 is 0. The lowest BCUT2D eigenvalue weighted by Crippen LogP contribution is -2.37. The molecule has 2 aliphatic rings. The molecule has 6 nitrogen and oxygen atoms in total. The fraction of sp³-hybridized carbons (Fsp3) is 0.636. The van der Waals surface area contributed by atoms with Gasteiger partial charge in [-0.1, -0.05) is 20.8 Å². The first-order valence-electron chi connectivity index (χ1n) is 10.5. The summed E-state index contributed by atoms with van der Waals surface area (Å²) < 4.78 is 1.67. The Morgan fingerprint density at radius 3 is 2.43 bits per heavy atom. The highest BCUT2D eigenvalue weighted by atomic mass is 16.1. The maximum absolute atomic E-state index is 12.3. The van der Waals surface area contributed by atoms with Crippen LogP contribution < -0.4 is 10.5 Å². The van der Waals surface area contributed by atoms with Crippen molar-refractivity contribution >= 4 is 5.82 Å². The van der Waals surface area contributed by atoms with Crippen LogP contribution in [0.3, 0.4) is 0 Å². The highest BCUT2D eigenvalue weighted by molar-refractivity contribution is 5.41. The van der Waals surface area contributed by atoms with Gasteiger partial charge < -0.3 is 4.90 Å². The SMILES string of the molecule is Cc1cc(N2CCC(Cn3nc(C(C)(C)C)ccc3=O)CC2)nc(C2CC2)n1. The smallest absolute Gasteiger partial charge is 0.266 e. The lowest BCUT2D eigenvalue weighted by molar-refractivity contribution is 0.329. The highest BCUT2D eigenvalue weighted by Gasteiger charge is 2.28.